The maximum absolute atomic E-state index is 12.3. The number of nitrogens with one attached hydrogen (secondary N) is 1. The fourth-order valence-corrected chi connectivity index (χ4v) is 3.13. The molecule has 8 heteroatoms. The highest BCUT2D eigenvalue weighted by Gasteiger charge is 2.31. The number of hydrogen-bond donors (Lipinski definition) is 1. The Hall–Kier alpha value is -2.74. The predicted octanol–water partition coefficient (Wildman–Crippen LogP) is 4.52. The third-order valence-electron chi connectivity index (χ3n) is 4.44. The van der Waals surface area contributed by atoms with E-state index in [0.29, 0.717) is 24.1 Å². The first-order valence-corrected chi connectivity index (χ1v) is 8.60. The van der Waals surface area contributed by atoms with E-state index in [9.17, 15) is 13.2 Å². The number of hydrogen-bond acceptors (Lipinski definition) is 5. The molecule has 0 amide bonds. The van der Waals surface area contributed by atoms with Gasteiger partial charge in [0.25, 0.3) is 5.88 Å². The number of aromatic nitrogens is 1. The van der Waals surface area contributed by atoms with Gasteiger partial charge in [-0.1, -0.05) is 18.2 Å². The topological polar surface area (TPSA) is 56.5 Å². The van der Waals surface area contributed by atoms with Crippen LogP contribution in [0.15, 0.2) is 47.0 Å². The van der Waals surface area contributed by atoms with Crippen LogP contribution in [0.4, 0.5) is 13.2 Å². The van der Waals surface area contributed by atoms with Crippen LogP contribution < -0.4 is 14.8 Å². The summed E-state index contributed by atoms with van der Waals surface area (Å²) >= 11 is 0. The lowest BCUT2D eigenvalue weighted by atomic mass is 10.0. The van der Waals surface area contributed by atoms with Crippen LogP contribution in [0.25, 0.3) is 22.1 Å². The van der Waals surface area contributed by atoms with Crippen molar-refractivity contribution >= 4 is 11.0 Å². The van der Waals surface area contributed by atoms with Gasteiger partial charge in [0.2, 0.25) is 0 Å². The standard InChI is InChI=1S/C19H17F3N2O3/c20-19(21,22)26-15-6-3-12(4-7-15)13-5-8-17-16(10-13)18(24-27-17)25-11-14-2-1-9-23-14/h3-8,10,14,23H,1-2,9,11H2/t14-/m0/s1. The van der Waals surface area contributed by atoms with E-state index in [0.717, 1.165) is 35.9 Å². The summed E-state index contributed by atoms with van der Waals surface area (Å²) in [6.45, 7) is 1.50. The second kappa shape index (κ2) is 7.11. The molecule has 0 radical (unpaired) electrons. The fourth-order valence-electron chi connectivity index (χ4n) is 3.13. The van der Waals surface area contributed by atoms with Gasteiger partial charge in [-0.05, 0) is 59.9 Å². The van der Waals surface area contributed by atoms with Crippen molar-refractivity contribution in [1.82, 2.24) is 10.5 Å². The van der Waals surface area contributed by atoms with Gasteiger partial charge >= 0.3 is 6.36 Å². The molecule has 0 bridgehead atoms. The molecule has 27 heavy (non-hydrogen) atoms. The van der Waals surface area contributed by atoms with Crippen LogP contribution in [0.2, 0.25) is 0 Å². The maximum atomic E-state index is 12.3. The molecule has 4 rings (SSSR count). The van der Waals surface area contributed by atoms with Crippen molar-refractivity contribution in [2.75, 3.05) is 13.2 Å². The van der Waals surface area contributed by atoms with E-state index in [1.54, 1.807) is 18.2 Å². The van der Waals surface area contributed by atoms with Crippen molar-refractivity contribution in [2.24, 2.45) is 0 Å². The van der Waals surface area contributed by atoms with Crippen LogP contribution in [0.5, 0.6) is 11.6 Å². The van der Waals surface area contributed by atoms with Gasteiger partial charge in [-0.15, -0.1) is 13.2 Å². The van der Waals surface area contributed by atoms with Crippen molar-refractivity contribution in [1.29, 1.82) is 0 Å². The first kappa shape index (κ1) is 17.7. The fraction of sp³-hybridized carbons (Fsp3) is 0.316. The highest BCUT2D eigenvalue weighted by Crippen LogP contribution is 2.32. The van der Waals surface area contributed by atoms with E-state index < -0.39 is 6.36 Å². The van der Waals surface area contributed by atoms with Gasteiger partial charge in [0, 0.05) is 6.04 Å². The van der Waals surface area contributed by atoms with Gasteiger partial charge in [0.05, 0.1) is 5.39 Å². The molecule has 1 fully saturated rings. The molecule has 1 saturated heterocycles. The number of nitrogens with zero attached hydrogens (tertiary/aromatic N) is 1. The summed E-state index contributed by atoms with van der Waals surface area (Å²) in [4.78, 5) is 0. The highest BCUT2D eigenvalue weighted by molar-refractivity contribution is 5.87. The molecule has 1 aromatic heterocycles. The normalized spacial score (nSPS) is 17.4. The van der Waals surface area contributed by atoms with E-state index in [1.165, 1.54) is 12.1 Å². The molecule has 142 valence electrons. The average Bonchev–Trinajstić information content (AvgIpc) is 3.28. The minimum Gasteiger partial charge on any atom is -0.473 e. The third-order valence-corrected chi connectivity index (χ3v) is 4.44. The Kier molecular flexibility index (Phi) is 4.65. The van der Waals surface area contributed by atoms with E-state index in [-0.39, 0.29) is 5.75 Å². The number of rotatable bonds is 5. The van der Waals surface area contributed by atoms with Gasteiger partial charge in [0.15, 0.2) is 5.58 Å². The zero-order valence-corrected chi connectivity index (χ0v) is 14.3. The number of halogens is 3. The maximum Gasteiger partial charge on any atom is 0.573 e. The molecule has 2 heterocycles. The SMILES string of the molecule is FC(F)(F)Oc1ccc(-c2ccc3onc(OC[C@@H]4CCCN4)c3c2)cc1. The van der Waals surface area contributed by atoms with Gasteiger partial charge in [-0.25, -0.2) is 0 Å². The molecular formula is C19H17F3N2O3. The smallest absolute Gasteiger partial charge is 0.473 e. The molecule has 1 aliphatic rings. The molecule has 0 aliphatic carbocycles. The Morgan fingerprint density at radius 1 is 1.11 bits per heavy atom. The van der Waals surface area contributed by atoms with Gasteiger partial charge in [-0.3, -0.25) is 0 Å². The molecule has 2 aromatic carbocycles. The summed E-state index contributed by atoms with van der Waals surface area (Å²) in [5.74, 6) is 0.156. The molecule has 1 N–H and O–H groups in total. The molecule has 1 aliphatic heterocycles. The van der Waals surface area contributed by atoms with Crippen molar-refractivity contribution < 1.29 is 27.2 Å². The van der Waals surface area contributed by atoms with Crippen LogP contribution in [-0.2, 0) is 0 Å². The number of fused-ring (bicyclic) bond motifs is 1. The van der Waals surface area contributed by atoms with Crippen molar-refractivity contribution in [3.63, 3.8) is 0 Å². The Labute approximate surface area is 153 Å². The molecule has 0 unspecified atom stereocenters. The second-order valence-corrected chi connectivity index (χ2v) is 6.38. The summed E-state index contributed by atoms with van der Waals surface area (Å²) in [5, 5.41) is 8.05. The highest BCUT2D eigenvalue weighted by atomic mass is 19.4. The number of benzene rings is 2. The van der Waals surface area contributed by atoms with Crippen molar-refractivity contribution in [3.8, 4) is 22.8 Å². The van der Waals surface area contributed by atoms with Crippen LogP contribution in [0.3, 0.4) is 0 Å². The van der Waals surface area contributed by atoms with Gasteiger partial charge in [-0.2, -0.15) is 0 Å². The molecule has 3 aromatic rings. The predicted molar refractivity (Wildman–Crippen MR) is 92.6 cm³/mol. The Bertz CT molecular complexity index is 916. The lowest BCUT2D eigenvalue weighted by molar-refractivity contribution is -0.274. The van der Waals surface area contributed by atoms with E-state index in [2.05, 4.69) is 15.2 Å². The van der Waals surface area contributed by atoms with Crippen molar-refractivity contribution in [2.45, 2.75) is 25.2 Å². The molecule has 0 spiro atoms. The monoisotopic (exact) mass is 378 g/mol. The van der Waals surface area contributed by atoms with Crippen LogP contribution in [0.1, 0.15) is 12.8 Å². The van der Waals surface area contributed by atoms with Crippen molar-refractivity contribution in [3.05, 3.63) is 42.5 Å². The minimum atomic E-state index is -4.71. The zero-order valence-electron chi connectivity index (χ0n) is 14.3. The first-order chi connectivity index (χ1) is 13.0. The summed E-state index contributed by atoms with van der Waals surface area (Å²) in [6.07, 6.45) is -2.51. The Morgan fingerprint density at radius 3 is 2.59 bits per heavy atom. The zero-order chi connectivity index (χ0) is 18.9. The Morgan fingerprint density at radius 2 is 1.89 bits per heavy atom. The lowest BCUT2D eigenvalue weighted by Crippen LogP contribution is -2.28. The minimum absolute atomic E-state index is 0.259. The number of alkyl halides is 3. The Balaban J connectivity index is 1.54. The van der Waals surface area contributed by atoms with E-state index >= 15 is 0 Å². The summed E-state index contributed by atoms with van der Waals surface area (Å²) in [7, 11) is 0. The number of ether oxygens (including phenoxy) is 2. The largest absolute Gasteiger partial charge is 0.573 e. The van der Waals surface area contributed by atoms with Gasteiger partial charge in [0.1, 0.15) is 12.4 Å². The average molecular weight is 378 g/mol. The second-order valence-electron chi connectivity index (χ2n) is 6.38. The summed E-state index contributed by atoms with van der Waals surface area (Å²) in [6, 6.07) is 11.4. The van der Waals surface area contributed by atoms with Crippen LogP contribution in [0, 0.1) is 0 Å². The molecular weight excluding hydrogens is 361 g/mol. The van der Waals surface area contributed by atoms with Gasteiger partial charge < -0.3 is 19.3 Å². The molecule has 1 atom stereocenters. The lowest BCUT2D eigenvalue weighted by Gasteiger charge is -2.10. The summed E-state index contributed by atoms with van der Waals surface area (Å²) in [5.41, 5.74) is 2.15. The summed E-state index contributed by atoms with van der Waals surface area (Å²) < 4.78 is 51.8. The quantitative estimate of drug-likeness (QED) is 0.707. The third kappa shape index (κ3) is 4.16. The molecule has 5 nitrogen and oxygen atoms in total. The van der Waals surface area contributed by atoms with E-state index in [4.69, 9.17) is 9.26 Å². The molecule has 0 saturated carbocycles. The van der Waals surface area contributed by atoms with Crippen LogP contribution >= 0.6 is 0 Å². The van der Waals surface area contributed by atoms with E-state index in [1.807, 2.05) is 12.1 Å². The van der Waals surface area contributed by atoms with Crippen LogP contribution in [-0.4, -0.2) is 30.7 Å². The first-order valence-electron chi connectivity index (χ1n) is 8.60.